The molecule has 1 aromatic carbocycles. The molecule has 1 saturated carbocycles. The molecule has 1 aliphatic rings. The molecule has 1 fully saturated rings. The maximum absolute atomic E-state index is 5.85. The van der Waals surface area contributed by atoms with Crippen molar-refractivity contribution in [2.45, 2.75) is 45.1 Å². The number of ether oxygens (including phenoxy) is 2. The molecule has 1 unspecified atom stereocenters. The van der Waals surface area contributed by atoms with Gasteiger partial charge in [-0.3, -0.25) is 11.3 Å². The van der Waals surface area contributed by atoms with Crippen LogP contribution in [0.2, 0.25) is 0 Å². The maximum Gasteiger partial charge on any atom is 0.122 e. The number of hydrogen-bond acceptors (Lipinski definition) is 4. The first-order valence-electron chi connectivity index (χ1n) is 7.90. The van der Waals surface area contributed by atoms with Crippen LogP contribution in [0.3, 0.4) is 0 Å². The summed E-state index contributed by atoms with van der Waals surface area (Å²) < 4.78 is 10.7. The number of rotatable bonds is 6. The van der Waals surface area contributed by atoms with Crippen LogP contribution in [0.1, 0.15) is 50.6 Å². The van der Waals surface area contributed by atoms with Crippen LogP contribution < -0.4 is 20.7 Å². The SMILES string of the molecule is CCC1CCC(C(NN)c2cc(OC)cc(OC)c2)CC1. The van der Waals surface area contributed by atoms with Crippen molar-refractivity contribution in [3.63, 3.8) is 0 Å². The zero-order chi connectivity index (χ0) is 15.2. The predicted octanol–water partition coefficient (Wildman–Crippen LogP) is 3.42. The van der Waals surface area contributed by atoms with Gasteiger partial charge < -0.3 is 9.47 Å². The summed E-state index contributed by atoms with van der Waals surface area (Å²) in [7, 11) is 3.35. The topological polar surface area (TPSA) is 56.5 Å². The van der Waals surface area contributed by atoms with Crippen LogP contribution in [0.5, 0.6) is 11.5 Å². The molecule has 21 heavy (non-hydrogen) atoms. The molecule has 4 nitrogen and oxygen atoms in total. The Morgan fingerprint density at radius 1 is 1.10 bits per heavy atom. The smallest absolute Gasteiger partial charge is 0.122 e. The Kier molecular flexibility index (Phi) is 5.88. The second kappa shape index (κ2) is 7.66. The van der Waals surface area contributed by atoms with Crippen molar-refractivity contribution in [3.8, 4) is 11.5 Å². The van der Waals surface area contributed by atoms with Crippen molar-refractivity contribution in [1.29, 1.82) is 0 Å². The van der Waals surface area contributed by atoms with Gasteiger partial charge in [0.25, 0.3) is 0 Å². The Morgan fingerprint density at radius 2 is 1.67 bits per heavy atom. The molecule has 1 atom stereocenters. The molecule has 0 amide bonds. The minimum atomic E-state index is 0.159. The Bertz CT molecular complexity index is 420. The van der Waals surface area contributed by atoms with Gasteiger partial charge in [-0.2, -0.15) is 0 Å². The van der Waals surface area contributed by atoms with Crippen LogP contribution >= 0.6 is 0 Å². The van der Waals surface area contributed by atoms with Gasteiger partial charge in [-0.05, 0) is 42.4 Å². The molecule has 118 valence electrons. The minimum absolute atomic E-state index is 0.159. The van der Waals surface area contributed by atoms with Gasteiger partial charge in [-0.15, -0.1) is 0 Å². The lowest BCUT2D eigenvalue weighted by molar-refractivity contribution is 0.219. The zero-order valence-electron chi connectivity index (χ0n) is 13.4. The van der Waals surface area contributed by atoms with Crippen LogP contribution in [0.4, 0.5) is 0 Å². The number of benzene rings is 1. The van der Waals surface area contributed by atoms with Crippen molar-refractivity contribution >= 4 is 0 Å². The molecule has 0 radical (unpaired) electrons. The summed E-state index contributed by atoms with van der Waals surface area (Å²) in [5.41, 5.74) is 4.16. The van der Waals surface area contributed by atoms with Gasteiger partial charge >= 0.3 is 0 Å². The normalized spacial score (nSPS) is 23.6. The van der Waals surface area contributed by atoms with Crippen molar-refractivity contribution in [2.24, 2.45) is 17.7 Å². The second-order valence-corrected chi connectivity index (χ2v) is 5.98. The van der Waals surface area contributed by atoms with E-state index in [1.807, 2.05) is 6.07 Å². The monoisotopic (exact) mass is 292 g/mol. The van der Waals surface area contributed by atoms with Crippen molar-refractivity contribution < 1.29 is 9.47 Å². The predicted molar refractivity (Wildman–Crippen MR) is 85.3 cm³/mol. The molecule has 2 rings (SSSR count). The quantitative estimate of drug-likeness (QED) is 0.623. The third kappa shape index (κ3) is 3.89. The Hall–Kier alpha value is -1.26. The van der Waals surface area contributed by atoms with Crippen LogP contribution in [0.25, 0.3) is 0 Å². The second-order valence-electron chi connectivity index (χ2n) is 5.98. The van der Waals surface area contributed by atoms with Crippen LogP contribution in [-0.4, -0.2) is 14.2 Å². The fraction of sp³-hybridized carbons (Fsp3) is 0.647. The summed E-state index contributed by atoms with van der Waals surface area (Å²) in [6, 6.07) is 6.16. The van der Waals surface area contributed by atoms with Crippen molar-refractivity contribution in [3.05, 3.63) is 23.8 Å². The average Bonchev–Trinajstić information content (AvgIpc) is 2.55. The number of hydrazine groups is 1. The van der Waals surface area contributed by atoms with Crippen LogP contribution in [-0.2, 0) is 0 Å². The lowest BCUT2D eigenvalue weighted by atomic mass is 9.76. The van der Waals surface area contributed by atoms with E-state index in [1.54, 1.807) is 14.2 Å². The molecule has 3 N–H and O–H groups in total. The van der Waals surface area contributed by atoms with Gasteiger partial charge in [0.05, 0.1) is 14.2 Å². The summed E-state index contributed by atoms with van der Waals surface area (Å²) in [4.78, 5) is 0. The third-order valence-electron chi connectivity index (χ3n) is 4.85. The molecule has 1 aliphatic carbocycles. The molecule has 0 saturated heterocycles. The van der Waals surface area contributed by atoms with E-state index in [2.05, 4.69) is 24.5 Å². The first-order valence-corrected chi connectivity index (χ1v) is 7.90. The number of nitrogens with one attached hydrogen (secondary N) is 1. The summed E-state index contributed by atoms with van der Waals surface area (Å²) in [5.74, 6) is 8.94. The van der Waals surface area contributed by atoms with E-state index < -0.39 is 0 Å². The maximum atomic E-state index is 5.85. The summed E-state index contributed by atoms with van der Waals surface area (Å²) in [6.07, 6.45) is 6.36. The van der Waals surface area contributed by atoms with Crippen LogP contribution in [0.15, 0.2) is 18.2 Å². The number of hydrogen-bond donors (Lipinski definition) is 2. The van der Waals surface area contributed by atoms with Gasteiger partial charge in [0.2, 0.25) is 0 Å². The van der Waals surface area contributed by atoms with Crippen molar-refractivity contribution in [1.82, 2.24) is 5.43 Å². The molecule has 1 aromatic rings. The van der Waals surface area contributed by atoms with E-state index in [0.29, 0.717) is 5.92 Å². The van der Waals surface area contributed by atoms with E-state index in [4.69, 9.17) is 15.3 Å². The largest absolute Gasteiger partial charge is 0.497 e. The van der Waals surface area contributed by atoms with Gasteiger partial charge in [0.1, 0.15) is 11.5 Å². The van der Waals surface area contributed by atoms with Crippen LogP contribution in [0, 0.1) is 11.8 Å². The summed E-state index contributed by atoms with van der Waals surface area (Å²) >= 11 is 0. The fourth-order valence-corrected chi connectivity index (χ4v) is 3.44. The molecular formula is C17H28N2O2. The highest BCUT2D eigenvalue weighted by molar-refractivity contribution is 5.40. The summed E-state index contributed by atoms with van der Waals surface area (Å²) in [6.45, 7) is 2.29. The molecule has 0 heterocycles. The van der Waals surface area contributed by atoms with Gasteiger partial charge in [-0.25, -0.2) is 0 Å². The van der Waals surface area contributed by atoms with E-state index in [1.165, 1.54) is 32.1 Å². The van der Waals surface area contributed by atoms with Gasteiger partial charge in [0.15, 0.2) is 0 Å². The first kappa shape index (κ1) is 16.1. The molecule has 0 spiro atoms. The van der Waals surface area contributed by atoms with E-state index >= 15 is 0 Å². The molecule has 4 heteroatoms. The van der Waals surface area contributed by atoms with E-state index in [-0.39, 0.29) is 6.04 Å². The molecule has 0 bridgehead atoms. The van der Waals surface area contributed by atoms with Gasteiger partial charge in [-0.1, -0.05) is 26.2 Å². The Morgan fingerprint density at radius 3 is 2.10 bits per heavy atom. The fourth-order valence-electron chi connectivity index (χ4n) is 3.44. The Labute approximate surface area is 128 Å². The Balaban J connectivity index is 2.17. The highest BCUT2D eigenvalue weighted by Gasteiger charge is 2.28. The molecule has 0 aromatic heterocycles. The highest BCUT2D eigenvalue weighted by atomic mass is 16.5. The lowest BCUT2D eigenvalue weighted by Crippen LogP contribution is -2.35. The van der Waals surface area contributed by atoms with Crippen molar-refractivity contribution in [2.75, 3.05) is 14.2 Å². The standard InChI is InChI=1S/C17H28N2O2/c1-4-12-5-7-13(8-6-12)17(19-18)14-9-15(20-2)11-16(10-14)21-3/h9-13,17,19H,4-8,18H2,1-3H3. The number of methoxy groups -OCH3 is 2. The lowest BCUT2D eigenvalue weighted by Gasteiger charge is -2.33. The highest BCUT2D eigenvalue weighted by Crippen LogP contribution is 2.39. The molecule has 0 aliphatic heterocycles. The zero-order valence-corrected chi connectivity index (χ0v) is 13.4. The van der Waals surface area contributed by atoms with E-state index in [9.17, 15) is 0 Å². The number of nitrogens with two attached hydrogens (primary N) is 1. The third-order valence-corrected chi connectivity index (χ3v) is 4.85. The average molecular weight is 292 g/mol. The first-order chi connectivity index (χ1) is 10.2. The molecular weight excluding hydrogens is 264 g/mol. The van der Waals surface area contributed by atoms with E-state index in [0.717, 1.165) is 23.0 Å². The summed E-state index contributed by atoms with van der Waals surface area (Å²) in [5, 5.41) is 0. The van der Waals surface area contributed by atoms with Gasteiger partial charge in [0, 0.05) is 12.1 Å². The minimum Gasteiger partial charge on any atom is -0.497 e.